The number of benzene rings is 2. The minimum absolute atomic E-state index is 0.00858. The van der Waals surface area contributed by atoms with Crippen molar-refractivity contribution in [3.63, 3.8) is 0 Å². The zero-order valence-corrected chi connectivity index (χ0v) is 22.6. The van der Waals surface area contributed by atoms with E-state index in [-0.39, 0.29) is 17.6 Å². The van der Waals surface area contributed by atoms with E-state index in [4.69, 9.17) is 37.4 Å². The Labute approximate surface area is 223 Å². The summed E-state index contributed by atoms with van der Waals surface area (Å²) in [6.45, 7) is 9.49. The molecule has 3 fully saturated rings. The topological polar surface area (TPSA) is 51.2 Å². The fraction of sp³-hybridized carbons (Fsp3) is 0.536. The van der Waals surface area contributed by atoms with Crippen LogP contribution >= 0.6 is 23.2 Å². The molecule has 1 unspecified atom stereocenters. The summed E-state index contributed by atoms with van der Waals surface area (Å²) in [7, 11) is 0. The van der Waals surface area contributed by atoms with Crippen LogP contribution in [0, 0.1) is 5.41 Å². The highest BCUT2D eigenvalue weighted by Crippen LogP contribution is 2.52. The van der Waals surface area contributed by atoms with E-state index < -0.39 is 11.4 Å². The van der Waals surface area contributed by atoms with Gasteiger partial charge in [-0.25, -0.2) is 4.79 Å². The lowest BCUT2D eigenvalue weighted by atomic mass is 9.73. The van der Waals surface area contributed by atoms with Crippen LogP contribution in [-0.4, -0.2) is 66.7 Å². The molecule has 8 heteroatoms. The Morgan fingerprint density at radius 1 is 0.889 bits per heavy atom. The number of carbonyl (C=O) groups is 1. The zero-order chi connectivity index (χ0) is 25.6. The van der Waals surface area contributed by atoms with Crippen LogP contribution in [0.5, 0.6) is 0 Å². The van der Waals surface area contributed by atoms with Crippen LogP contribution in [0.2, 0.25) is 10.0 Å². The molecule has 3 saturated heterocycles. The second-order valence-corrected chi connectivity index (χ2v) is 12.0. The Bertz CT molecular complexity index is 1030. The van der Waals surface area contributed by atoms with Gasteiger partial charge in [-0.15, -0.1) is 0 Å². The van der Waals surface area contributed by atoms with E-state index >= 15 is 0 Å². The molecule has 2 spiro atoms. The van der Waals surface area contributed by atoms with E-state index in [0.717, 1.165) is 30.6 Å². The van der Waals surface area contributed by atoms with E-state index in [1.165, 1.54) is 0 Å². The maximum atomic E-state index is 13.1. The summed E-state index contributed by atoms with van der Waals surface area (Å²) in [6, 6.07) is 16.1. The number of carbonyl (C=O) groups excluding carboxylic acids is 1. The second-order valence-electron chi connectivity index (χ2n) is 11.1. The first-order chi connectivity index (χ1) is 17.1. The molecule has 0 aliphatic carbocycles. The summed E-state index contributed by atoms with van der Waals surface area (Å²) in [5.74, 6) is -0.690. The maximum absolute atomic E-state index is 13.1. The monoisotopic (exact) mass is 532 g/mol. The number of halogens is 2. The van der Waals surface area contributed by atoms with Gasteiger partial charge in [0.05, 0.1) is 24.7 Å². The lowest BCUT2D eigenvalue weighted by Crippen LogP contribution is -2.63. The molecule has 5 rings (SSSR count). The van der Waals surface area contributed by atoms with Crippen LogP contribution in [0.25, 0.3) is 0 Å². The van der Waals surface area contributed by atoms with E-state index in [1.807, 2.05) is 49.9 Å². The lowest BCUT2D eigenvalue weighted by Gasteiger charge is -2.51. The Morgan fingerprint density at radius 3 is 1.97 bits per heavy atom. The largest absolute Gasteiger partial charge is 0.444 e. The Balaban J connectivity index is 1.47. The van der Waals surface area contributed by atoms with Gasteiger partial charge in [0.15, 0.2) is 5.79 Å². The van der Waals surface area contributed by atoms with Crippen molar-refractivity contribution in [1.29, 1.82) is 0 Å². The molecule has 0 aromatic heterocycles. The number of fused-ring (bicyclic) bond motifs is 1. The second kappa shape index (κ2) is 9.80. The molecule has 1 amide bonds. The predicted molar refractivity (Wildman–Crippen MR) is 140 cm³/mol. The van der Waals surface area contributed by atoms with Gasteiger partial charge in [-0.2, -0.15) is 0 Å². The molecular weight excluding hydrogens is 499 g/mol. The molecule has 3 heterocycles. The molecular formula is C28H34Cl2N2O4. The van der Waals surface area contributed by atoms with Gasteiger partial charge in [-0.3, -0.25) is 4.90 Å². The van der Waals surface area contributed by atoms with Crippen LogP contribution in [0.15, 0.2) is 48.5 Å². The van der Waals surface area contributed by atoms with Crippen molar-refractivity contribution in [1.82, 2.24) is 9.80 Å². The standard InChI is InChI=1S/C28H34Cl2N2O4/c1-26(2,3)36-25(33)32-15-13-28(34-16-17-35-28)27(19-32)12-14-31(18-27)24(20-4-8-22(29)9-5-20)21-6-10-23(30)11-7-21/h4-11,24H,12-19H2,1-3H3. The highest BCUT2D eigenvalue weighted by molar-refractivity contribution is 6.30. The first kappa shape index (κ1) is 25.8. The van der Waals surface area contributed by atoms with Gasteiger partial charge in [-0.05, 0) is 69.1 Å². The van der Waals surface area contributed by atoms with Crippen molar-refractivity contribution < 1.29 is 19.0 Å². The summed E-state index contributed by atoms with van der Waals surface area (Å²) >= 11 is 12.4. The van der Waals surface area contributed by atoms with Gasteiger partial charge in [0.1, 0.15) is 5.60 Å². The van der Waals surface area contributed by atoms with Crippen molar-refractivity contribution >= 4 is 29.3 Å². The van der Waals surface area contributed by atoms with Crippen molar-refractivity contribution in [3.05, 3.63) is 69.7 Å². The van der Waals surface area contributed by atoms with Gasteiger partial charge in [0.25, 0.3) is 0 Å². The highest BCUT2D eigenvalue weighted by atomic mass is 35.5. The molecule has 0 radical (unpaired) electrons. The Kier molecular flexibility index (Phi) is 7.03. The van der Waals surface area contributed by atoms with E-state index in [0.29, 0.717) is 42.8 Å². The van der Waals surface area contributed by atoms with Gasteiger partial charge in [0.2, 0.25) is 0 Å². The minimum Gasteiger partial charge on any atom is -0.444 e. The quantitative estimate of drug-likeness (QED) is 0.473. The molecule has 0 saturated carbocycles. The molecule has 0 bridgehead atoms. The number of ether oxygens (including phenoxy) is 3. The minimum atomic E-state index is -0.690. The zero-order valence-electron chi connectivity index (χ0n) is 21.1. The molecule has 3 aliphatic rings. The lowest BCUT2D eigenvalue weighted by molar-refractivity contribution is -0.258. The number of hydrogen-bond acceptors (Lipinski definition) is 5. The van der Waals surface area contributed by atoms with Crippen molar-refractivity contribution in [2.24, 2.45) is 5.41 Å². The molecule has 36 heavy (non-hydrogen) atoms. The van der Waals surface area contributed by atoms with E-state index in [1.54, 1.807) is 0 Å². The van der Waals surface area contributed by atoms with Crippen LogP contribution in [0.4, 0.5) is 4.79 Å². The van der Waals surface area contributed by atoms with Gasteiger partial charge < -0.3 is 19.1 Å². The van der Waals surface area contributed by atoms with Gasteiger partial charge >= 0.3 is 6.09 Å². The molecule has 1 atom stereocenters. The SMILES string of the molecule is CC(C)(C)OC(=O)N1CCC2(OCCO2)C2(CCN(C(c3ccc(Cl)cc3)c3ccc(Cl)cc3)C2)C1. The molecule has 3 aliphatic heterocycles. The first-order valence-electron chi connectivity index (χ1n) is 12.6. The van der Waals surface area contributed by atoms with Gasteiger partial charge in [-0.1, -0.05) is 47.5 Å². The number of piperidine rings is 1. The highest BCUT2D eigenvalue weighted by Gasteiger charge is 2.62. The van der Waals surface area contributed by atoms with Gasteiger partial charge in [0, 0.05) is 36.1 Å². The Hall–Kier alpha value is -1.83. The fourth-order valence-electron chi connectivity index (χ4n) is 5.97. The van der Waals surface area contributed by atoms with Crippen molar-refractivity contribution in [2.75, 3.05) is 39.4 Å². The Morgan fingerprint density at radius 2 is 1.44 bits per heavy atom. The smallest absolute Gasteiger partial charge is 0.410 e. The summed E-state index contributed by atoms with van der Waals surface area (Å²) < 4.78 is 18.4. The molecule has 0 N–H and O–H groups in total. The van der Waals surface area contributed by atoms with Crippen molar-refractivity contribution in [3.8, 4) is 0 Å². The third-order valence-electron chi connectivity index (χ3n) is 7.54. The average molecular weight is 533 g/mol. The summed E-state index contributed by atoms with van der Waals surface area (Å²) in [5, 5.41) is 1.41. The third kappa shape index (κ3) is 4.99. The molecule has 2 aromatic carbocycles. The molecule has 6 nitrogen and oxygen atoms in total. The summed E-state index contributed by atoms with van der Waals surface area (Å²) in [4.78, 5) is 17.4. The fourth-order valence-corrected chi connectivity index (χ4v) is 6.22. The number of hydrogen-bond donors (Lipinski definition) is 0. The molecule has 194 valence electrons. The number of nitrogens with zero attached hydrogens (tertiary/aromatic N) is 2. The predicted octanol–water partition coefficient (Wildman–Crippen LogP) is 6.16. The maximum Gasteiger partial charge on any atom is 0.410 e. The number of rotatable bonds is 3. The van der Waals surface area contributed by atoms with E-state index in [9.17, 15) is 4.79 Å². The first-order valence-corrected chi connectivity index (χ1v) is 13.4. The van der Waals surface area contributed by atoms with Crippen molar-refractivity contribution in [2.45, 2.75) is 51.0 Å². The van der Waals surface area contributed by atoms with Crippen LogP contribution < -0.4 is 0 Å². The van der Waals surface area contributed by atoms with E-state index in [2.05, 4.69) is 29.2 Å². The normalized spacial score (nSPS) is 24.2. The van der Waals surface area contributed by atoms with Crippen LogP contribution in [0.3, 0.4) is 0 Å². The molecule has 2 aromatic rings. The van der Waals surface area contributed by atoms with Crippen LogP contribution in [-0.2, 0) is 14.2 Å². The average Bonchev–Trinajstić information content (AvgIpc) is 3.47. The number of amides is 1. The van der Waals surface area contributed by atoms with Crippen LogP contribution in [0.1, 0.15) is 50.8 Å². The summed E-state index contributed by atoms with van der Waals surface area (Å²) in [5.41, 5.74) is 1.40. The summed E-state index contributed by atoms with van der Waals surface area (Å²) in [6.07, 6.45) is 1.21. The third-order valence-corrected chi connectivity index (χ3v) is 8.04. The number of likely N-dealkylation sites (tertiary alicyclic amines) is 2.